The Morgan fingerprint density at radius 2 is 2.20 bits per heavy atom. The van der Waals surface area contributed by atoms with Gasteiger partial charge in [0.15, 0.2) is 0 Å². The molecular weight excluding hydrogens is 211 g/mol. The highest BCUT2D eigenvalue weighted by atomic mass is 32.2. The second kappa shape index (κ2) is 6.08. The summed E-state index contributed by atoms with van der Waals surface area (Å²) in [6.07, 6.45) is 5.00. The van der Waals surface area contributed by atoms with E-state index in [4.69, 9.17) is 0 Å². The van der Waals surface area contributed by atoms with Gasteiger partial charge in [0, 0.05) is 24.0 Å². The highest BCUT2D eigenvalue weighted by molar-refractivity contribution is 7.98. The summed E-state index contributed by atoms with van der Waals surface area (Å²) in [6, 6.07) is 2.07. The Morgan fingerprint density at radius 3 is 2.80 bits per heavy atom. The van der Waals surface area contributed by atoms with E-state index in [1.54, 1.807) is 18.0 Å². The van der Waals surface area contributed by atoms with Crippen molar-refractivity contribution in [2.75, 3.05) is 12.0 Å². The van der Waals surface area contributed by atoms with Gasteiger partial charge in [-0.1, -0.05) is 0 Å². The number of nitrogens with zero attached hydrogens (tertiary/aromatic N) is 1. The predicted octanol–water partition coefficient (Wildman–Crippen LogP) is 2.62. The molecule has 0 aromatic carbocycles. The van der Waals surface area contributed by atoms with Crippen LogP contribution in [0.5, 0.6) is 0 Å². The summed E-state index contributed by atoms with van der Waals surface area (Å²) < 4.78 is 12.9. The van der Waals surface area contributed by atoms with E-state index in [2.05, 4.69) is 23.5 Å². The molecule has 0 aliphatic rings. The minimum absolute atomic E-state index is 0.135. The summed E-state index contributed by atoms with van der Waals surface area (Å²) in [5.74, 6) is 0.770. The van der Waals surface area contributed by atoms with Crippen molar-refractivity contribution < 1.29 is 4.39 Å². The van der Waals surface area contributed by atoms with Gasteiger partial charge in [-0.15, -0.1) is 0 Å². The van der Waals surface area contributed by atoms with Crippen LogP contribution in [0.25, 0.3) is 0 Å². The van der Waals surface area contributed by atoms with Gasteiger partial charge in [-0.05, 0) is 31.7 Å². The zero-order chi connectivity index (χ0) is 11.3. The maximum Gasteiger partial charge on any atom is 0.141 e. The van der Waals surface area contributed by atoms with Crippen molar-refractivity contribution >= 4 is 11.8 Å². The van der Waals surface area contributed by atoms with Crippen molar-refractivity contribution in [3.05, 3.63) is 29.8 Å². The SMILES string of the molecule is CSCC(C)NC(C)c1cncc(F)c1. The van der Waals surface area contributed by atoms with Crippen LogP contribution in [0.1, 0.15) is 25.5 Å². The number of thioether (sulfide) groups is 1. The molecule has 0 fully saturated rings. The molecule has 2 atom stereocenters. The van der Waals surface area contributed by atoms with Gasteiger partial charge in [-0.2, -0.15) is 11.8 Å². The molecule has 1 heterocycles. The third kappa shape index (κ3) is 4.18. The number of hydrogen-bond acceptors (Lipinski definition) is 3. The third-order valence-electron chi connectivity index (χ3n) is 2.18. The van der Waals surface area contributed by atoms with Gasteiger partial charge < -0.3 is 5.32 Å². The summed E-state index contributed by atoms with van der Waals surface area (Å²) in [7, 11) is 0. The van der Waals surface area contributed by atoms with E-state index in [1.807, 2.05) is 6.92 Å². The van der Waals surface area contributed by atoms with Gasteiger partial charge in [-0.25, -0.2) is 4.39 Å². The fourth-order valence-electron chi connectivity index (χ4n) is 1.49. The molecular formula is C11H17FN2S. The molecule has 0 saturated heterocycles. The van der Waals surface area contributed by atoms with Gasteiger partial charge >= 0.3 is 0 Å². The highest BCUT2D eigenvalue weighted by Gasteiger charge is 2.09. The fourth-order valence-corrected chi connectivity index (χ4v) is 2.08. The normalized spacial score (nSPS) is 14.9. The Balaban J connectivity index is 2.56. The number of rotatable bonds is 5. The van der Waals surface area contributed by atoms with Crippen LogP contribution in [0.4, 0.5) is 4.39 Å². The van der Waals surface area contributed by atoms with E-state index in [-0.39, 0.29) is 11.9 Å². The number of halogens is 1. The Kier molecular flexibility index (Phi) is 5.05. The topological polar surface area (TPSA) is 24.9 Å². The second-order valence-corrected chi connectivity index (χ2v) is 4.59. The van der Waals surface area contributed by atoms with Crippen molar-refractivity contribution in [3.8, 4) is 0 Å². The Hall–Kier alpha value is -0.610. The van der Waals surface area contributed by atoms with E-state index in [9.17, 15) is 4.39 Å². The largest absolute Gasteiger partial charge is 0.307 e. The van der Waals surface area contributed by atoms with Gasteiger partial charge in [-0.3, -0.25) is 4.98 Å². The molecule has 0 saturated carbocycles. The molecule has 0 bridgehead atoms. The molecule has 15 heavy (non-hydrogen) atoms. The number of hydrogen-bond donors (Lipinski definition) is 1. The Morgan fingerprint density at radius 1 is 1.47 bits per heavy atom. The molecule has 0 amide bonds. The van der Waals surface area contributed by atoms with Crippen molar-refractivity contribution in [2.24, 2.45) is 0 Å². The van der Waals surface area contributed by atoms with E-state index in [0.717, 1.165) is 11.3 Å². The van der Waals surface area contributed by atoms with Crippen molar-refractivity contribution in [1.29, 1.82) is 0 Å². The molecule has 4 heteroatoms. The van der Waals surface area contributed by atoms with Gasteiger partial charge in [0.1, 0.15) is 5.82 Å². The fraction of sp³-hybridized carbons (Fsp3) is 0.545. The van der Waals surface area contributed by atoms with Crippen molar-refractivity contribution in [3.63, 3.8) is 0 Å². The molecule has 0 spiro atoms. The minimum Gasteiger partial charge on any atom is -0.307 e. The van der Waals surface area contributed by atoms with Gasteiger partial charge in [0.25, 0.3) is 0 Å². The summed E-state index contributed by atoms with van der Waals surface area (Å²) in [5.41, 5.74) is 0.892. The first-order chi connectivity index (χ1) is 7.13. The number of nitrogens with one attached hydrogen (secondary N) is 1. The molecule has 1 aromatic heterocycles. The van der Waals surface area contributed by atoms with Crippen LogP contribution in [-0.4, -0.2) is 23.0 Å². The lowest BCUT2D eigenvalue weighted by atomic mass is 10.1. The first-order valence-electron chi connectivity index (χ1n) is 4.99. The van der Waals surface area contributed by atoms with Crippen LogP contribution < -0.4 is 5.32 Å². The van der Waals surface area contributed by atoms with Crippen LogP contribution in [0.2, 0.25) is 0 Å². The average Bonchev–Trinajstić information content (AvgIpc) is 2.18. The summed E-state index contributed by atoms with van der Waals surface area (Å²) >= 11 is 1.80. The van der Waals surface area contributed by atoms with Crippen LogP contribution in [0, 0.1) is 5.82 Å². The lowest BCUT2D eigenvalue weighted by Gasteiger charge is -2.19. The smallest absolute Gasteiger partial charge is 0.141 e. The number of pyridine rings is 1. The zero-order valence-corrected chi connectivity index (χ0v) is 10.1. The van der Waals surface area contributed by atoms with Crippen LogP contribution in [0.15, 0.2) is 18.5 Å². The molecule has 0 aliphatic heterocycles. The van der Waals surface area contributed by atoms with Crippen LogP contribution >= 0.6 is 11.8 Å². The molecule has 1 rings (SSSR count). The van der Waals surface area contributed by atoms with Crippen molar-refractivity contribution in [2.45, 2.75) is 25.9 Å². The van der Waals surface area contributed by atoms with E-state index in [0.29, 0.717) is 6.04 Å². The predicted molar refractivity (Wildman–Crippen MR) is 63.6 cm³/mol. The third-order valence-corrected chi connectivity index (χ3v) is 3.01. The van der Waals surface area contributed by atoms with Gasteiger partial charge in [0.2, 0.25) is 0 Å². The summed E-state index contributed by atoms with van der Waals surface area (Å²) in [5, 5.41) is 3.40. The van der Waals surface area contributed by atoms with Crippen LogP contribution in [0.3, 0.4) is 0 Å². The maximum absolute atomic E-state index is 12.9. The molecule has 1 aromatic rings. The minimum atomic E-state index is -0.279. The number of aromatic nitrogens is 1. The summed E-state index contributed by atoms with van der Waals surface area (Å²) in [6.45, 7) is 4.15. The molecule has 0 aliphatic carbocycles. The second-order valence-electron chi connectivity index (χ2n) is 3.68. The van der Waals surface area contributed by atoms with E-state index < -0.39 is 0 Å². The maximum atomic E-state index is 12.9. The zero-order valence-electron chi connectivity index (χ0n) is 9.33. The molecule has 1 N–H and O–H groups in total. The monoisotopic (exact) mass is 228 g/mol. The molecule has 0 radical (unpaired) electrons. The first kappa shape index (κ1) is 12.5. The molecule has 2 unspecified atom stereocenters. The molecule has 2 nitrogen and oxygen atoms in total. The Labute approximate surface area is 94.7 Å². The van der Waals surface area contributed by atoms with Crippen molar-refractivity contribution in [1.82, 2.24) is 10.3 Å². The first-order valence-corrected chi connectivity index (χ1v) is 6.38. The quantitative estimate of drug-likeness (QED) is 0.838. The Bertz CT molecular complexity index is 306. The molecule has 84 valence electrons. The standard InChI is InChI=1S/C11H17FN2S/c1-8(7-15-3)14-9(2)10-4-11(12)6-13-5-10/h4-6,8-9,14H,7H2,1-3H3. The highest BCUT2D eigenvalue weighted by Crippen LogP contribution is 2.13. The van der Waals surface area contributed by atoms with E-state index in [1.165, 1.54) is 12.3 Å². The average molecular weight is 228 g/mol. The lowest BCUT2D eigenvalue weighted by molar-refractivity contribution is 0.506. The van der Waals surface area contributed by atoms with Crippen LogP contribution in [-0.2, 0) is 0 Å². The summed E-state index contributed by atoms with van der Waals surface area (Å²) in [4.78, 5) is 3.84. The van der Waals surface area contributed by atoms with E-state index >= 15 is 0 Å². The lowest BCUT2D eigenvalue weighted by Crippen LogP contribution is -2.30. The van der Waals surface area contributed by atoms with Gasteiger partial charge in [0.05, 0.1) is 6.20 Å².